The number of H-pyrrole nitrogens is 1. The second-order valence-corrected chi connectivity index (χ2v) is 7.28. The van der Waals surface area contributed by atoms with Crippen LogP contribution in [0.5, 0.6) is 5.75 Å². The monoisotopic (exact) mass is 417 g/mol. The number of rotatable bonds is 6. The first kappa shape index (κ1) is 20.3. The molecule has 2 aromatic carbocycles. The number of nitrogens with one attached hydrogen (secondary N) is 2. The maximum atomic E-state index is 12.5. The molecule has 0 bridgehead atoms. The number of carbonyl (C=O) groups excluding carboxylic acids is 1. The van der Waals surface area contributed by atoms with Gasteiger partial charge in [-0.15, -0.1) is 0 Å². The summed E-state index contributed by atoms with van der Waals surface area (Å²) in [6, 6.07) is 16.8. The Labute approximate surface area is 179 Å². The number of anilines is 1. The number of aromatic nitrogens is 2. The van der Waals surface area contributed by atoms with Crippen molar-refractivity contribution in [1.82, 2.24) is 15.3 Å². The number of amides is 1. The summed E-state index contributed by atoms with van der Waals surface area (Å²) in [7, 11) is 0. The van der Waals surface area contributed by atoms with Crippen LogP contribution in [-0.4, -0.2) is 46.7 Å². The summed E-state index contributed by atoms with van der Waals surface area (Å²) in [4.78, 5) is 21.8. The molecule has 158 valence electrons. The largest absolute Gasteiger partial charge is 0.509 e. The minimum atomic E-state index is -0.717. The van der Waals surface area contributed by atoms with Crippen LogP contribution in [0, 0.1) is 11.3 Å². The molecule has 1 amide bonds. The first-order valence-corrected chi connectivity index (χ1v) is 10.2. The minimum absolute atomic E-state index is 0.0396. The first-order valence-electron chi connectivity index (χ1n) is 10.2. The number of hydrogen-bond donors (Lipinski definition) is 3. The number of fused-ring (bicyclic) bond motifs is 2. The lowest BCUT2D eigenvalue weighted by atomic mass is 10.1. The second kappa shape index (κ2) is 8.79. The Kier molecular flexibility index (Phi) is 5.76. The van der Waals surface area contributed by atoms with E-state index in [9.17, 15) is 15.2 Å². The van der Waals surface area contributed by atoms with Gasteiger partial charge in [-0.05, 0) is 30.7 Å². The third-order valence-corrected chi connectivity index (χ3v) is 5.07. The number of hydrogen-bond acceptors (Lipinski definition) is 6. The van der Waals surface area contributed by atoms with Crippen molar-refractivity contribution in [2.24, 2.45) is 0 Å². The van der Waals surface area contributed by atoms with Crippen molar-refractivity contribution in [1.29, 1.82) is 5.26 Å². The summed E-state index contributed by atoms with van der Waals surface area (Å²) in [5, 5.41) is 23.4. The van der Waals surface area contributed by atoms with Gasteiger partial charge in [-0.1, -0.05) is 31.2 Å². The number of carbonyl (C=O) groups is 1. The van der Waals surface area contributed by atoms with E-state index in [1.54, 1.807) is 6.07 Å². The Morgan fingerprint density at radius 1 is 1.32 bits per heavy atom. The Morgan fingerprint density at radius 3 is 2.87 bits per heavy atom. The lowest BCUT2D eigenvalue weighted by Crippen LogP contribution is -2.49. The number of benzene rings is 2. The molecule has 0 spiro atoms. The predicted molar refractivity (Wildman–Crippen MR) is 118 cm³/mol. The SMILES string of the molecule is CCCNC(=O)[C@H]1CN(C/C(O)=C(\C#N)c2nc3ccccc3[nH]2)c2ccccc2O1. The molecule has 0 aliphatic carbocycles. The Morgan fingerprint density at radius 2 is 2.10 bits per heavy atom. The molecule has 1 aliphatic heterocycles. The molecule has 3 N–H and O–H groups in total. The Bertz CT molecular complexity index is 1140. The van der Waals surface area contributed by atoms with E-state index in [1.165, 1.54) is 0 Å². The van der Waals surface area contributed by atoms with E-state index in [1.807, 2.05) is 54.3 Å². The van der Waals surface area contributed by atoms with E-state index < -0.39 is 6.10 Å². The average molecular weight is 417 g/mol. The van der Waals surface area contributed by atoms with Gasteiger partial charge < -0.3 is 25.0 Å². The zero-order valence-corrected chi connectivity index (χ0v) is 17.1. The standard InChI is InChI=1S/C23H23N5O3/c1-2-11-25-23(30)21-14-28(18-9-5-6-10-20(18)31-21)13-19(29)15(12-24)22-26-16-7-3-4-8-17(16)27-22/h3-10,21,29H,2,11,13-14H2,1H3,(H,25,30)(H,26,27)/b19-15-/t21-/m1/s1. The minimum Gasteiger partial charge on any atom is -0.509 e. The fourth-order valence-corrected chi connectivity index (χ4v) is 3.54. The fourth-order valence-electron chi connectivity index (χ4n) is 3.54. The number of para-hydroxylation sites is 4. The molecule has 3 aromatic rings. The van der Waals surface area contributed by atoms with Crippen LogP contribution in [0.3, 0.4) is 0 Å². The van der Waals surface area contributed by atoms with Crippen LogP contribution >= 0.6 is 0 Å². The van der Waals surface area contributed by atoms with Crippen LogP contribution < -0.4 is 15.0 Å². The quantitative estimate of drug-likeness (QED) is 0.419. The number of imidazole rings is 1. The lowest BCUT2D eigenvalue weighted by Gasteiger charge is -2.35. The summed E-state index contributed by atoms with van der Waals surface area (Å²) in [5.41, 5.74) is 2.30. The summed E-state index contributed by atoms with van der Waals surface area (Å²) in [5.74, 6) is 0.522. The zero-order chi connectivity index (χ0) is 21.8. The topological polar surface area (TPSA) is 114 Å². The van der Waals surface area contributed by atoms with Crippen LogP contribution in [0.15, 0.2) is 54.3 Å². The van der Waals surface area contributed by atoms with Gasteiger partial charge >= 0.3 is 0 Å². The molecule has 0 unspecified atom stereocenters. The third kappa shape index (κ3) is 4.16. The molecule has 2 heterocycles. The molecule has 0 fully saturated rings. The van der Waals surface area contributed by atoms with E-state index in [4.69, 9.17) is 4.74 Å². The molecule has 8 heteroatoms. The highest BCUT2D eigenvalue weighted by Crippen LogP contribution is 2.34. The van der Waals surface area contributed by atoms with Gasteiger partial charge in [0.25, 0.3) is 5.91 Å². The third-order valence-electron chi connectivity index (χ3n) is 5.07. The van der Waals surface area contributed by atoms with Crippen LogP contribution in [0.1, 0.15) is 19.2 Å². The van der Waals surface area contributed by atoms with Crippen molar-refractivity contribution in [3.63, 3.8) is 0 Å². The molecule has 0 saturated heterocycles. The first-order chi connectivity index (χ1) is 15.1. The van der Waals surface area contributed by atoms with Crippen molar-refractivity contribution in [3.8, 4) is 11.8 Å². The van der Waals surface area contributed by atoms with E-state index in [-0.39, 0.29) is 30.3 Å². The van der Waals surface area contributed by atoms with Gasteiger partial charge in [-0.25, -0.2) is 4.98 Å². The summed E-state index contributed by atoms with van der Waals surface area (Å²) in [6.07, 6.45) is 0.108. The van der Waals surface area contributed by atoms with Crippen molar-refractivity contribution >= 4 is 28.2 Å². The van der Waals surface area contributed by atoms with Crippen LogP contribution in [0.25, 0.3) is 16.6 Å². The van der Waals surface area contributed by atoms with E-state index in [0.717, 1.165) is 17.6 Å². The number of aliphatic hydroxyl groups excluding tert-OH is 1. The molecule has 31 heavy (non-hydrogen) atoms. The molecule has 1 aliphatic rings. The molecule has 1 atom stereocenters. The van der Waals surface area contributed by atoms with Gasteiger partial charge in [0.05, 0.1) is 29.8 Å². The van der Waals surface area contributed by atoms with Gasteiger partial charge in [0.2, 0.25) is 0 Å². The van der Waals surface area contributed by atoms with Crippen molar-refractivity contribution < 1.29 is 14.6 Å². The normalized spacial score (nSPS) is 16.1. The summed E-state index contributed by atoms with van der Waals surface area (Å²) >= 11 is 0. The molecular weight excluding hydrogens is 394 g/mol. The maximum absolute atomic E-state index is 12.5. The number of aromatic amines is 1. The van der Waals surface area contributed by atoms with Crippen molar-refractivity contribution in [3.05, 3.63) is 60.1 Å². The van der Waals surface area contributed by atoms with Crippen molar-refractivity contribution in [2.75, 3.05) is 24.5 Å². The highest BCUT2D eigenvalue weighted by Gasteiger charge is 2.31. The molecule has 1 aromatic heterocycles. The fraction of sp³-hybridized carbons (Fsp3) is 0.261. The Balaban J connectivity index is 1.63. The molecule has 4 rings (SSSR count). The number of nitriles is 1. The zero-order valence-electron chi connectivity index (χ0n) is 17.1. The second-order valence-electron chi connectivity index (χ2n) is 7.28. The molecule has 0 saturated carbocycles. The maximum Gasteiger partial charge on any atom is 0.262 e. The average Bonchev–Trinajstić information content (AvgIpc) is 3.21. The van der Waals surface area contributed by atoms with Gasteiger partial charge in [0.1, 0.15) is 23.2 Å². The van der Waals surface area contributed by atoms with E-state index in [0.29, 0.717) is 23.6 Å². The van der Waals surface area contributed by atoms with Gasteiger partial charge in [-0.2, -0.15) is 5.26 Å². The van der Waals surface area contributed by atoms with Crippen molar-refractivity contribution in [2.45, 2.75) is 19.4 Å². The van der Waals surface area contributed by atoms with Crippen LogP contribution in [-0.2, 0) is 4.79 Å². The summed E-state index contributed by atoms with van der Waals surface area (Å²) < 4.78 is 5.88. The van der Waals surface area contributed by atoms with Crippen LogP contribution in [0.2, 0.25) is 0 Å². The highest BCUT2D eigenvalue weighted by atomic mass is 16.5. The number of allylic oxidation sites excluding steroid dienone is 1. The van der Waals surface area contributed by atoms with Gasteiger partial charge in [-0.3, -0.25) is 4.79 Å². The smallest absolute Gasteiger partial charge is 0.262 e. The molecule has 0 radical (unpaired) electrons. The van der Waals surface area contributed by atoms with Gasteiger partial charge in [0, 0.05) is 6.54 Å². The molecular formula is C23H23N5O3. The highest BCUT2D eigenvalue weighted by molar-refractivity contribution is 5.84. The number of aliphatic hydroxyl groups is 1. The van der Waals surface area contributed by atoms with E-state index in [2.05, 4.69) is 21.4 Å². The Hall–Kier alpha value is -3.99. The van der Waals surface area contributed by atoms with E-state index >= 15 is 0 Å². The number of ether oxygens (including phenoxy) is 1. The van der Waals surface area contributed by atoms with Gasteiger partial charge in [0.15, 0.2) is 11.9 Å². The molecule has 8 nitrogen and oxygen atoms in total. The predicted octanol–water partition coefficient (Wildman–Crippen LogP) is 3.15. The summed E-state index contributed by atoms with van der Waals surface area (Å²) in [6.45, 7) is 2.83. The van der Waals surface area contributed by atoms with Crippen LogP contribution in [0.4, 0.5) is 5.69 Å². The lowest BCUT2D eigenvalue weighted by molar-refractivity contribution is -0.127. The number of nitrogens with zero attached hydrogens (tertiary/aromatic N) is 3.